The van der Waals surface area contributed by atoms with Gasteiger partial charge in [0.1, 0.15) is 5.82 Å². The highest BCUT2D eigenvalue weighted by Gasteiger charge is 2.13. The highest BCUT2D eigenvalue weighted by molar-refractivity contribution is 6.30. The number of hydrogen-bond donors (Lipinski definition) is 1. The van der Waals surface area contributed by atoms with Gasteiger partial charge < -0.3 is 10.2 Å². The maximum Gasteiger partial charge on any atom is 0.143 e. The maximum absolute atomic E-state index is 13.4. The fourth-order valence-corrected chi connectivity index (χ4v) is 2.88. The Bertz CT molecular complexity index is 657. The second-order valence-electron chi connectivity index (χ2n) is 5.47. The van der Waals surface area contributed by atoms with Crippen LogP contribution in [0.15, 0.2) is 36.4 Å². The minimum atomic E-state index is -0.395. The van der Waals surface area contributed by atoms with Gasteiger partial charge in [-0.1, -0.05) is 23.7 Å². The minimum absolute atomic E-state index is 0.150. The number of benzene rings is 2. The van der Waals surface area contributed by atoms with Gasteiger partial charge in [-0.2, -0.15) is 0 Å². The third-order valence-electron chi connectivity index (χ3n) is 3.91. The van der Waals surface area contributed by atoms with Crippen LogP contribution in [0.25, 0.3) is 0 Å². The lowest BCUT2D eigenvalue weighted by Gasteiger charge is -2.27. The maximum atomic E-state index is 13.4. The molecule has 0 unspecified atom stereocenters. The number of anilines is 2. The molecule has 0 bridgehead atoms. The van der Waals surface area contributed by atoms with Crippen molar-refractivity contribution in [1.82, 2.24) is 0 Å². The van der Waals surface area contributed by atoms with E-state index in [9.17, 15) is 4.39 Å². The van der Waals surface area contributed by atoms with Gasteiger partial charge >= 0.3 is 0 Å². The Morgan fingerprint density at radius 1 is 1.24 bits per heavy atom. The molecular formula is C17H18ClFN2. The molecular weight excluding hydrogens is 287 g/mol. The van der Waals surface area contributed by atoms with Gasteiger partial charge in [0.25, 0.3) is 0 Å². The van der Waals surface area contributed by atoms with Crippen LogP contribution in [0.3, 0.4) is 0 Å². The van der Waals surface area contributed by atoms with Crippen LogP contribution >= 0.6 is 11.6 Å². The van der Waals surface area contributed by atoms with E-state index in [1.807, 2.05) is 0 Å². The van der Waals surface area contributed by atoms with Crippen LogP contribution in [0.1, 0.15) is 17.5 Å². The average molecular weight is 305 g/mol. The summed E-state index contributed by atoms with van der Waals surface area (Å²) >= 11 is 5.68. The zero-order valence-electron chi connectivity index (χ0n) is 12.0. The highest BCUT2D eigenvalue weighted by atomic mass is 35.5. The molecule has 2 aromatic carbocycles. The van der Waals surface area contributed by atoms with Gasteiger partial charge in [-0.25, -0.2) is 4.39 Å². The van der Waals surface area contributed by atoms with Gasteiger partial charge in [0.15, 0.2) is 0 Å². The molecule has 4 heteroatoms. The molecule has 0 aromatic heterocycles. The zero-order chi connectivity index (χ0) is 14.8. The first-order valence-electron chi connectivity index (χ1n) is 7.15. The molecule has 2 nitrogen and oxygen atoms in total. The molecule has 0 amide bonds. The van der Waals surface area contributed by atoms with Crippen LogP contribution in [0, 0.1) is 5.82 Å². The molecule has 21 heavy (non-hydrogen) atoms. The van der Waals surface area contributed by atoms with E-state index in [0.717, 1.165) is 18.7 Å². The fraction of sp³-hybridized carbons (Fsp3) is 0.294. The first kappa shape index (κ1) is 14.2. The molecule has 0 fully saturated rings. The number of rotatable bonds is 3. The Labute approximate surface area is 129 Å². The third kappa shape index (κ3) is 3.13. The number of nitrogens with zero attached hydrogens (tertiary/aromatic N) is 1. The summed E-state index contributed by atoms with van der Waals surface area (Å²) in [5.74, 6) is -0.395. The molecule has 0 radical (unpaired) electrons. The van der Waals surface area contributed by atoms with Crippen molar-refractivity contribution in [3.8, 4) is 0 Å². The lowest BCUT2D eigenvalue weighted by atomic mass is 9.99. The van der Waals surface area contributed by atoms with E-state index in [2.05, 4.69) is 35.5 Å². The Hall–Kier alpha value is -1.74. The largest absolute Gasteiger partial charge is 0.381 e. The summed E-state index contributed by atoms with van der Waals surface area (Å²) in [5, 5.41) is 3.39. The average Bonchev–Trinajstić information content (AvgIpc) is 2.49. The second-order valence-corrected chi connectivity index (χ2v) is 5.88. The molecule has 0 saturated heterocycles. The fourth-order valence-electron chi connectivity index (χ4n) is 2.76. The van der Waals surface area contributed by atoms with Crippen molar-refractivity contribution < 1.29 is 4.39 Å². The van der Waals surface area contributed by atoms with Gasteiger partial charge in [0, 0.05) is 31.5 Å². The smallest absolute Gasteiger partial charge is 0.143 e. The summed E-state index contributed by atoms with van der Waals surface area (Å²) in [6.45, 7) is 1.80. The normalized spacial score (nSPS) is 14.0. The van der Waals surface area contributed by atoms with E-state index in [4.69, 9.17) is 11.6 Å². The molecule has 2 aromatic rings. The van der Waals surface area contributed by atoms with Gasteiger partial charge in [0.2, 0.25) is 0 Å². The lowest BCUT2D eigenvalue weighted by molar-refractivity contribution is 0.628. The number of aryl methyl sites for hydroxylation is 1. The second kappa shape index (κ2) is 5.94. The Balaban J connectivity index is 1.72. The molecule has 110 valence electrons. The summed E-state index contributed by atoms with van der Waals surface area (Å²) in [7, 11) is 2.13. The van der Waals surface area contributed by atoms with Gasteiger partial charge in [-0.15, -0.1) is 0 Å². The SMILES string of the molecule is CN1CCCc2cc(CNc3ccc(Cl)c(F)c3)ccc21. The number of halogens is 2. The lowest BCUT2D eigenvalue weighted by Crippen LogP contribution is -2.24. The van der Waals surface area contributed by atoms with Crippen LogP contribution in [0.4, 0.5) is 15.8 Å². The van der Waals surface area contributed by atoms with Crippen molar-refractivity contribution in [2.45, 2.75) is 19.4 Å². The van der Waals surface area contributed by atoms with E-state index in [1.165, 1.54) is 29.3 Å². The van der Waals surface area contributed by atoms with Crippen LogP contribution in [-0.4, -0.2) is 13.6 Å². The first-order chi connectivity index (χ1) is 10.1. The van der Waals surface area contributed by atoms with Crippen LogP contribution < -0.4 is 10.2 Å². The molecule has 0 atom stereocenters. The molecule has 3 rings (SSSR count). The highest BCUT2D eigenvalue weighted by Crippen LogP contribution is 2.27. The molecule has 1 heterocycles. The number of fused-ring (bicyclic) bond motifs is 1. The Morgan fingerprint density at radius 2 is 2.10 bits per heavy atom. The Morgan fingerprint density at radius 3 is 2.90 bits per heavy atom. The summed E-state index contributed by atoms with van der Waals surface area (Å²) in [5.41, 5.74) is 4.67. The standard InChI is InChI=1S/C17H18ClFN2/c1-21-8-2-3-13-9-12(4-7-17(13)21)11-20-14-5-6-15(18)16(19)10-14/h4-7,9-10,20H,2-3,8,11H2,1H3. The van der Waals surface area contributed by atoms with Crippen molar-refractivity contribution in [2.24, 2.45) is 0 Å². The van der Waals surface area contributed by atoms with Crippen molar-refractivity contribution in [3.05, 3.63) is 58.4 Å². The summed E-state index contributed by atoms with van der Waals surface area (Å²) in [4.78, 5) is 2.30. The molecule has 1 aliphatic heterocycles. The number of hydrogen-bond acceptors (Lipinski definition) is 2. The van der Waals surface area contributed by atoms with Gasteiger partial charge in [-0.3, -0.25) is 0 Å². The Kier molecular flexibility index (Phi) is 4.02. The van der Waals surface area contributed by atoms with Crippen LogP contribution in [0.5, 0.6) is 0 Å². The van der Waals surface area contributed by atoms with E-state index >= 15 is 0 Å². The predicted molar refractivity (Wildman–Crippen MR) is 86.8 cm³/mol. The van der Waals surface area contributed by atoms with E-state index in [0.29, 0.717) is 6.54 Å². The number of nitrogens with one attached hydrogen (secondary N) is 1. The van der Waals surface area contributed by atoms with Crippen molar-refractivity contribution in [3.63, 3.8) is 0 Å². The summed E-state index contributed by atoms with van der Waals surface area (Å²) < 4.78 is 13.4. The van der Waals surface area contributed by atoms with Gasteiger partial charge in [-0.05, 0) is 48.2 Å². The van der Waals surface area contributed by atoms with Crippen LogP contribution in [0.2, 0.25) is 5.02 Å². The first-order valence-corrected chi connectivity index (χ1v) is 7.53. The topological polar surface area (TPSA) is 15.3 Å². The molecule has 0 spiro atoms. The van der Waals surface area contributed by atoms with Crippen molar-refractivity contribution in [1.29, 1.82) is 0 Å². The van der Waals surface area contributed by atoms with Gasteiger partial charge in [0.05, 0.1) is 5.02 Å². The van der Waals surface area contributed by atoms with Crippen molar-refractivity contribution in [2.75, 3.05) is 23.8 Å². The monoisotopic (exact) mass is 304 g/mol. The summed E-state index contributed by atoms with van der Waals surface area (Å²) in [6, 6.07) is 11.3. The van der Waals surface area contributed by atoms with E-state index in [1.54, 1.807) is 12.1 Å². The van der Waals surface area contributed by atoms with E-state index in [-0.39, 0.29) is 5.02 Å². The molecule has 1 aliphatic rings. The third-order valence-corrected chi connectivity index (χ3v) is 4.22. The zero-order valence-corrected chi connectivity index (χ0v) is 12.8. The van der Waals surface area contributed by atoms with Crippen molar-refractivity contribution >= 4 is 23.0 Å². The quantitative estimate of drug-likeness (QED) is 0.900. The summed E-state index contributed by atoms with van der Waals surface area (Å²) in [6.07, 6.45) is 2.33. The van der Waals surface area contributed by atoms with Crippen LogP contribution in [-0.2, 0) is 13.0 Å². The predicted octanol–water partition coefficient (Wildman–Crippen LogP) is 4.47. The molecule has 0 aliphatic carbocycles. The molecule has 0 saturated carbocycles. The molecule has 1 N–H and O–H groups in total. The van der Waals surface area contributed by atoms with E-state index < -0.39 is 5.82 Å². The minimum Gasteiger partial charge on any atom is -0.381 e.